The van der Waals surface area contributed by atoms with Crippen molar-refractivity contribution in [3.05, 3.63) is 65.7 Å². The summed E-state index contributed by atoms with van der Waals surface area (Å²) in [5.74, 6) is 0.418. The summed E-state index contributed by atoms with van der Waals surface area (Å²) in [6.45, 7) is 0.0314. The van der Waals surface area contributed by atoms with Crippen molar-refractivity contribution in [3.63, 3.8) is 0 Å². The molecule has 1 fully saturated rings. The zero-order valence-electron chi connectivity index (χ0n) is 16.1. The Morgan fingerprint density at radius 1 is 1.00 bits per heavy atom. The van der Waals surface area contributed by atoms with Crippen LogP contribution in [0.2, 0.25) is 0 Å². The summed E-state index contributed by atoms with van der Waals surface area (Å²) in [5.41, 5.74) is 2.05. The number of urea groups is 1. The van der Waals surface area contributed by atoms with E-state index in [-0.39, 0.29) is 24.5 Å². The van der Waals surface area contributed by atoms with Gasteiger partial charge in [-0.2, -0.15) is 0 Å². The maximum Gasteiger partial charge on any atom is 0.321 e. The number of carbonyl (C=O) groups excluding carboxylic acids is 2. The zero-order chi connectivity index (χ0) is 19.8. The predicted molar refractivity (Wildman–Crippen MR) is 108 cm³/mol. The number of imide groups is 1. The lowest BCUT2D eigenvalue weighted by atomic mass is 9.98. The molecule has 0 aliphatic heterocycles. The molecule has 0 radical (unpaired) electrons. The summed E-state index contributed by atoms with van der Waals surface area (Å²) in [4.78, 5) is 24.2. The van der Waals surface area contributed by atoms with Gasteiger partial charge in [-0.3, -0.25) is 15.4 Å². The second-order valence-corrected chi connectivity index (χ2v) is 7.00. The molecule has 1 saturated carbocycles. The predicted octanol–water partition coefficient (Wildman–Crippen LogP) is 3.14. The third kappa shape index (κ3) is 5.57. The Morgan fingerprint density at radius 3 is 2.29 bits per heavy atom. The average Bonchev–Trinajstić information content (AvgIpc) is 3.22. The minimum absolute atomic E-state index is 0.0314. The molecular formula is C22H27N3O3. The van der Waals surface area contributed by atoms with Crippen LogP contribution >= 0.6 is 0 Å². The second-order valence-electron chi connectivity index (χ2n) is 7.00. The molecule has 6 heteroatoms. The minimum Gasteiger partial charge on any atom is -0.497 e. The number of ether oxygens (including phenoxy) is 1. The molecule has 6 nitrogen and oxygen atoms in total. The van der Waals surface area contributed by atoms with Gasteiger partial charge >= 0.3 is 6.03 Å². The van der Waals surface area contributed by atoms with Crippen molar-refractivity contribution in [3.8, 4) is 5.75 Å². The molecule has 1 atom stereocenters. The molecule has 3 N–H and O–H groups in total. The lowest BCUT2D eigenvalue weighted by Crippen LogP contribution is -2.46. The van der Waals surface area contributed by atoms with Crippen LogP contribution in [0.4, 0.5) is 4.79 Å². The largest absolute Gasteiger partial charge is 0.497 e. The van der Waals surface area contributed by atoms with Crippen molar-refractivity contribution in [2.24, 2.45) is 0 Å². The molecule has 28 heavy (non-hydrogen) atoms. The maximum absolute atomic E-state index is 12.2. The van der Waals surface area contributed by atoms with E-state index in [1.165, 1.54) is 0 Å². The fourth-order valence-electron chi connectivity index (χ4n) is 3.53. The van der Waals surface area contributed by atoms with Crippen molar-refractivity contribution in [2.75, 3.05) is 13.7 Å². The van der Waals surface area contributed by atoms with E-state index < -0.39 is 6.03 Å². The first kappa shape index (κ1) is 19.9. The molecule has 2 aromatic carbocycles. The number of hydrogen-bond donors (Lipinski definition) is 3. The van der Waals surface area contributed by atoms with Gasteiger partial charge in [0, 0.05) is 6.04 Å². The summed E-state index contributed by atoms with van der Waals surface area (Å²) in [7, 11) is 1.63. The summed E-state index contributed by atoms with van der Waals surface area (Å²) < 4.78 is 5.22. The first-order valence-electron chi connectivity index (χ1n) is 9.68. The van der Waals surface area contributed by atoms with Crippen LogP contribution in [0.25, 0.3) is 0 Å². The van der Waals surface area contributed by atoms with Crippen LogP contribution in [-0.4, -0.2) is 31.6 Å². The Bertz CT molecular complexity index is 771. The van der Waals surface area contributed by atoms with E-state index in [1.807, 2.05) is 54.6 Å². The third-order valence-corrected chi connectivity index (χ3v) is 4.99. The second kappa shape index (κ2) is 9.90. The summed E-state index contributed by atoms with van der Waals surface area (Å²) in [6, 6.07) is 17.2. The molecule has 1 aliphatic carbocycles. The first-order chi connectivity index (χ1) is 13.7. The maximum atomic E-state index is 12.2. The van der Waals surface area contributed by atoms with E-state index in [1.54, 1.807) is 7.11 Å². The number of benzene rings is 2. The molecule has 0 heterocycles. The van der Waals surface area contributed by atoms with Crippen molar-refractivity contribution in [2.45, 2.75) is 37.8 Å². The van der Waals surface area contributed by atoms with Crippen molar-refractivity contribution < 1.29 is 14.3 Å². The summed E-state index contributed by atoms with van der Waals surface area (Å²) in [6.07, 6.45) is 4.21. The van der Waals surface area contributed by atoms with Gasteiger partial charge in [0.15, 0.2) is 0 Å². The number of carbonyl (C=O) groups is 2. The summed E-state index contributed by atoms with van der Waals surface area (Å²) >= 11 is 0. The van der Waals surface area contributed by atoms with Crippen LogP contribution in [0.15, 0.2) is 54.6 Å². The van der Waals surface area contributed by atoms with Gasteiger partial charge in [0.25, 0.3) is 0 Å². The molecule has 0 aromatic heterocycles. The average molecular weight is 381 g/mol. The van der Waals surface area contributed by atoms with Crippen LogP contribution in [0.3, 0.4) is 0 Å². The Balaban J connectivity index is 1.60. The first-order valence-corrected chi connectivity index (χ1v) is 9.68. The molecule has 0 bridgehead atoms. The highest BCUT2D eigenvalue weighted by atomic mass is 16.5. The molecule has 2 aromatic rings. The fraction of sp³-hybridized carbons (Fsp3) is 0.364. The van der Waals surface area contributed by atoms with Crippen LogP contribution in [-0.2, 0) is 4.79 Å². The lowest BCUT2D eigenvalue weighted by molar-refractivity contribution is -0.119. The smallest absolute Gasteiger partial charge is 0.321 e. The van der Waals surface area contributed by atoms with Crippen LogP contribution in [0.1, 0.15) is 42.9 Å². The number of nitrogens with one attached hydrogen (secondary N) is 3. The van der Waals surface area contributed by atoms with Crippen molar-refractivity contribution in [1.29, 1.82) is 0 Å². The standard InChI is InChI=1S/C22H27N3O3/c1-28-19-13-11-17(12-14-19)21(16-7-3-2-4-8-16)23-15-20(26)25-22(27)24-18-9-5-6-10-18/h2-4,7-8,11-14,18,21,23H,5-6,9-10,15H2,1H3,(H2,24,25,26,27)/t21-/m1/s1. The molecule has 0 saturated heterocycles. The molecule has 0 spiro atoms. The fourth-order valence-corrected chi connectivity index (χ4v) is 3.53. The molecule has 3 rings (SSSR count). The van der Waals surface area contributed by atoms with Gasteiger partial charge in [-0.15, -0.1) is 0 Å². The van der Waals surface area contributed by atoms with Crippen molar-refractivity contribution in [1.82, 2.24) is 16.0 Å². The highest BCUT2D eigenvalue weighted by molar-refractivity contribution is 5.95. The Hall–Kier alpha value is -2.86. The van der Waals surface area contributed by atoms with Crippen molar-refractivity contribution >= 4 is 11.9 Å². The normalized spacial score (nSPS) is 15.0. The molecule has 148 valence electrons. The summed E-state index contributed by atoms with van der Waals surface area (Å²) in [5, 5.41) is 8.53. The number of methoxy groups -OCH3 is 1. The van der Waals surface area contributed by atoms with E-state index in [0.717, 1.165) is 42.6 Å². The SMILES string of the molecule is COc1ccc([C@H](NCC(=O)NC(=O)NC2CCCC2)c2ccccc2)cc1. The third-order valence-electron chi connectivity index (χ3n) is 4.99. The van der Waals surface area contributed by atoms with Gasteiger partial charge in [-0.1, -0.05) is 55.3 Å². The highest BCUT2D eigenvalue weighted by Gasteiger charge is 2.19. The minimum atomic E-state index is -0.417. The van der Waals surface area contributed by atoms with Gasteiger partial charge in [-0.05, 0) is 36.1 Å². The van der Waals surface area contributed by atoms with E-state index in [2.05, 4.69) is 16.0 Å². The Morgan fingerprint density at radius 2 is 1.64 bits per heavy atom. The van der Waals surface area contributed by atoms with Crippen LogP contribution in [0.5, 0.6) is 5.75 Å². The molecule has 3 amide bonds. The Labute approximate surface area is 165 Å². The number of hydrogen-bond acceptors (Lipinski definition) is 4. The van der Waals surface area contributed by atoms with E-state index >= 15 is 0 Å². The van der Waals surface area contributed by atoms with Gasteiger partial charge in [0.05, 0.1) is 19.7 Å². The molecule has 0 unspecified atom stereocenters. The zero-order valence-corrected chi connectivity index (χ0v) is 16.1. The highest BCUT2D eigenvalue weighted by Crippen LogP contribution is 2.24. The number of amides is 3. The van der Waals surface area contributed by atoms with E-state index in [9.17, 15) is 9.59 Å². The van der Waals surface area contributed by atoms with E-state index in [0.29, 0.717) is 0 Å². The van der Waals surface area contributed by atoms with Gasteiger partial charge in [0.2, 0.25) is 5.91 Å². The Kier molecular flexibility index (Phi) is 7.03. The molecule has 1 aliphatic rings. The monoisotopic (exact) mass is 381 g/mol. The van der Waals surface area contributed by atoms with Gasteiger partial charge in [0.1, 0.15) is 5.75 Å². The molecular weight excluding hydrogens is 354 g/mol. The number of rotatable bonds is 7. The quantitative estimate of drug-likeness (QED) is 0.688. The van der Waals surface area contributed by atoms with Gasteiger partial charge in [-0.25, -0.2) is 4.79 Å². The van der Waals surface area contributed by atoms with Gasteiger partial charge < -0.3 is 10.1 Å². The van der Waals surface area contributed by atoms with Crippen LogP contribution < -0.4 is 20.7 Å². The topological polar surface area (TPSA) is 79.5 Å². The lowest BCUT2D eigenvalue weighted by Gasteiger charge is -2.20. The van der Waals surface area contributed by atoms with Crippen LogP contribution in [0, 0.1) is 0 Å². The van der Waals surface area contributed by atoms with E-state index in [4.69, 9.17) is 4.74 Å².